The molecule has 6 heteroatoms. The highest BCUT2D eigenvalue weighted by Gasteiger charge is 2.32. The van der Waals surface area contributed by atoms with E-state index in [4.69, 9.17) is 0 Å². The largest absolute Gasteiger partial charge is 0.465 e. The fourth-order valence-electron chi connectivity index (χ4n) is 2.98. The van der Waals surface area contributed by atoms with Gasteiger partial charge in [0.2, 0.25) is 5.91 Å². The molecule has 23 heavy (non-hydrogen) atoms. The first-order chi connectivity index (χ1) is 11.1. The molecule has 0 aliphatic carbocycles. The molecule has 2 amide bonds. The van der Waals surface area contributed by atoms with E-state index >= 15 is 0 Å². The van der Waals surface area contributed by atoms with E-state index in [0.717, 1.165) is 19.3 Å². The summed E-state index contributed by atoms with van der Waals surface area (Å²) >= 11 is 1.49. The van der Waals surface area contributed by atoms with Gasteiger partial charge in [0, 0.05) is 19.1 Å². The molecule has 126 valence electrons. The zero-order chi connectivity index (χ0) is 16.7. The van der Waals surface area contributed by atoms with E-state index < -0.39 is 6.09 Å². The summed E-state index contributed by atoms with van der Waals surface area (Å²) in [6.45, 7) is 1.18. The van der Waals surface area contributed by atoms with Gasteiger partial charge in [-0.05, 0) is 37.5 Å². The molecule has 2 atom stereocenters. The molecule has 5 nitrogen and oxygen atoms in total. The summed E-state index contributed by atoms with van der Waals surface area (Å²) in [5, 5.41) is 12.0. The molecule has 0 spiro atoms. The number of likely N-dealkylation sites (tertiary alicyclic amines) is 1. The maximum atomic E-state index is 12.3. The highest BCUT2D eigenvalue weighted by atomic mass is 32.2. The van der Waals surface area contributed by atoms with Gasteiger partial charge in [0.15, 0.2) is 0 Å². The van der Waals surface area contributed by atoms with Crippen LogP contribution >= 0.6 is 11.8 Å². The predicted octanol–water partition coefficient (Wildman–Crippen LogP) is 2.61. The summed E-state index contributed by atoms with van der Waals surface area (Å²) in [6, 6.07) is 10.00. The molecule has 0 bridgehead atoms. The molecule has 1 heterocycles. The van der Waals surface area contributed by atoms with Crippen LogP contribution in [0.15, 0.2) is 30.3 Å². The molecule has 0 radical (unpaired) electrons. The second-order valence-corrected chi connectivity index (χ2v) is 6.80. The van der Waals surface area contributed by atoms with Gasteiger partial charge in [0.25, 0.3) is 0 Å². The van der Waals surface area contributed by atoms with Gasteiger partial charge in [-0.15, -0.1) is 0 Å². The minimum atomic E-state index is -0.878. The summed E-state index contributed by atoms with van der Waals surface area (Å²) in [7, 11) is 0. The molecule has 1 aromatic carbocycles. The zero-order valence-electron chi connectivity index (χ0n) is 13.4. The fourth-order valence-corrected chi connectivity index (χ4v) is 3.69. The monoisotopic (exact) mass is 336 g/mol. The highest BCUT2D eigenvalue weighted by molar-refractivity contribution is 7.99. The number of hydrogen-bond acceptors (Lipinski definition) is 3. The lowest BCUT2D eigenvalue weighted by atomic mass is 10.1. The van der Waals surface area contributed by atoms with Crippen LogP contribution in [0.5, 0.6) is 0 Å². The average molecular weight is 336 g/mol. The number of nitrogens with one attached hydrogen (secondary N) is 1. The van der Waals surface area contributed by atoms with Crippen molar-refractivity contribution in [3.05, 3.63) is 35.9 Å². The molecule has 1 aliphatic heterocycles. The van der Waals surface area contributed by atoms with E-state index in [1.54, 1.807) is 0 Å². The van der Waals surface area contributed by atoms with E-state index in [9.17, 15) is 14.7 Å². The number of carboxylic acid groups (broad SMARTS) is 1. The van der Waals surface area contributed by atoms with E-state index in [0.29, 0.717) is 19.5 Å². The fraction of sp³-hybridized carbons (Fsp3) is 0.529. The minimum Gasteiger partial charge on any atom is -0.465 e. The molecule has 2 unspecified atom stereocenters. The van der Waals surface area contributed by atoms with Crippen LogP contribution in [0, 0.1) is 0 Å². The number of thioether (sulfide) groups is 1. The van der Waals surface area contributed by atoms with Crippen molar-refractivity contribution in [3.63, 3.8) is 0 Å². The molecule has 0 aromatic heterocycles. The van der Waals surface area contributed by atoms with Crippen LogP contribution in [-0.4, -0.2) is 52.6 Å². The van der Waals surface area contributed by atoms with Gasteiger partial charge in [0.05, 0.1) is 5.25 Å². The van der Waals surface area contributed by atoms with Crippen molar-refractivity contribution in [2.45, 2.75) is 37.0 Å². The van der Waals surface area contributed by atoms with Crippen LogP contribution in [0.25, 0.3) is 0 Å². The third-order valence-corrected chi connectivity index (χ3v) is 5.22. The molecule has 1 fully saturated rings. The van der Waals surface area contributed by atoms with Crippen LogP contribution < -0.4 is 5.32 Å². The second kappa shape index (κ2) is 8.82. The lowest BCUT2D eigenvalue weighted by Crippen LogP contribution is -2.40. The van der Waals surface area contributed by atoms with Crippen molar-refractivity contribution in [1.82, 2.24) is 10.2 Å². The Morgan fingerprint density at radius 1 is 1.39 bits per heavy atom. The van der Waals surface area contributed by atoms with Crippen LogP contribution in [0.2, 0.25) is 0 Å². The van der Waals surface area contributed by atoms with Crippen molar-refractivity contribution in [1.29, 1.82) is 0 Å². The number of carbonyl (C=O) groups excluding carboxylic acids is 1. The molecular formula is C17H24N2O3S. The van der Waals surface area contributed by atoms with Crippen LogP contribution in [0.4, 0.5) is 4.79 Å². The van der Waals surface area contributed by atoms with Crippen molar-refractivity contribution in [2.75, 3.05) is 19.3 Å². The first kappa shape index (κ1) is 17.7. The SMILES string of the molecule is CSC(CC1CCCN1C(=O)O)C(=O)NCCc1ccccc1. The quantitative estimate of drug-likeness (QED) is 0.803. The van der Waals surface area contributed by atoms with E-state index in [-0.39, 0.29) is 17.2 Å². The molecule has 1 aromatic rings. The Morgan fingerprint density at radius 3 is 2.78 bits per heavy atom. The normalized spacial score (nSPS) is 18.7. The van der Waals surface area contributed by atoms with Gasteiger partial charge >= 0.3 is 6.09 Å². The number of benzene rings is 1. The molecule has 1 saturated heterocycles. The number of rotatable bonds is 7. The summed E-state index contributed by atoms with van der Waals surface area (Å²) in [5.74, 6) is 0.00525. The van der Waals surface area contributed by atoms with Crippen molar-refractivity contribution in [3.8, 4) is 0 Å². The lowest BCUT2D eigenvalue weighted by molar-refractivity contribution is -0.120. The van der Waals surface area contributed by atoms with Crippen molar-refractivity contribution < 1.29 is 14.7 Å². The Balaban J connectivity index is 1.80. The number of hydrogen-bond donors (Lipinski definition) is 2. The van der Waals surface area contributed by atoms with Crippen molar-refractivity contribution in [2.24, 2.45) is 0 Å². The van der Waals surface area contributed by atoms with Gasteiger partial charge in [-0.3, -0.25) is 4.79 Å². The third kappa shape index (κ3) is 5.16. The Morgan fingerprint density at radius 2 is 2.13 bits per heavy atom. The summed E-state index contributed by atoms with van der Waals surface area (Å²) < 4.78 is 0. The molecular weight excluding hydrogens is 312 g/mol. The Labute approximate surface area is 141 Å². The predicted molar refractivity (Wildman–Crippen MR) is 92.8 cm³/mol. The van der Waals surface area contributed by atoms with Gasteiger partial charge in [-0.25, -0.2) is 4.79 Å². The van der Waals surface area contributed by atoms with Gasteiger partial charge < -0.3 is 15.3 Å². The van der Waals surface area contributed by atoms with Gasteiger partial charge in [0.1, 0.15) is 0 Å². The van der Waals surface area contributed by atoms with Gasteiger partial charge in [-0.2, -0.15) is 11.8 Å². The summed E-state index contributed by atoms with van der Waals surface area (Å²) in [6.07, 6.45) is 4.15. The van der Waals surface area contributed by atoms with Crippen LogP contribution in [0.3, 0.4) is 0 Å². The molecule has 2 N–H and O–H groups in total. The zero-order valence-corrected chi connectivity index (χ0v) is 14.2. The first-order valence-corrected chi connectivity index (χ1v) is 9.24. The summed E-state index contributed by atoms with van der Waals surface area (Å²) in [4.78, 5) is 25.0. The minimum absolute atomic E-state index is 0.00525. The number of carbonyl (C=O) groups is 2. The smallest absolute Gasteiger partial charge is 0.407 e. The Kier molecular flexibility index (Phi) is 6.77. The molecule has 0 saturated carbocycles. The third-order valence-electron chi connectivity index (χ3n) is 4.24. The summed E-state index contributed by atoms with van der Waals surface area (Å²) in [5.41, 5.74) is 1.20. The highest BCUT2D eigenvalue weighted by Crippen LogP contribution is 2.25. The maximum absolute atomic E-state index is 12.3. The molecule has 2 rings (SSSR count). The van der Waals surface area contributed by atoms with Crippen LogP contribution in [0.1, 0.15) is 24.8 Å². The van der Waals surface area contributed by atoms with Crippen LogP contribution in [-0.2, 0) is 11.2 Å². The first-order valence-electron chi connectivity index (χ1n) is 7.96. The van der Waals surface area contributed by atoms with E-state index in [2.05, 4.69) is 5.32 Å². The van der Waals surface area contributed by atoms with Gasteiger partial charge in [-0.1, -0.05) is 30.3 Å². The molecule has 1 aliphatic rings. The average Bonchev–Trinajstić information content (AvgIpc) is 3.02. The number of nitrogens with zero attached hydrogens (tertiary/aromatic N) is 1. The Bertz CT molecular complexity index is 524. The second-order valence-electron chi connectivity index (χ2n) is 5.76. The Hall–Kier alpha value is -1.69. The number of amides is 2. The van der Waals surface area contributed by atoms with Crippen molar-refractivity contribution >= 4 is 23.8 Å². The van der Waals surface area contributed by atoms with E-state index in [1.807, 2.05) is 36.6 Å². The standard InChI is InChI=1S/C17H24N2O3S/c1-23-15(12-14-8-5-11-19(14)17(21)22)16(20)18-10-9-13-6-3-2-4-7-13/h2-4,6-7,14-15H,5,8-12H2,1H3,(H,18,20)(H,21,22). The van der Waals surface area contributed by atoms with E-state index in [1.165, 1.54) is 22.2 Å². The lowest BCUT2D eigenvalue weighted by Gasteiger charge is -2.25. The maximum Gasteiger partial charge on any atom is 0.407 e. The topological polar surface area (TPSA) is 69.6 Å².